The molecule has 0 fully saturated rings. The monoisotopic (exact) mass is 341 g/mol. The lowest BCUT2D eigenvalue weighted by Gasteiger charge is -2.07. The number of hydrogen-bond donors (Lipinski definition) is 0. The summed E-state index contributed by atoms with van der Waals surface area (Å²) in [6.45, 7) is 1.96. The summed E-state index contributed by atoms with van der Waals surface area (Å²) in [4.78, 5) is 4.21. The quantitative estimate of drug-likeness (QED) is 0.788. The van der Waals surface area contributed by atoms with E-state index in [4.69, 9.17) is 4.74 Å². The van der Waals surface area contributed by atoms with E-state index in [1.165, 1.54) is 0 Å². The lowest BCUT2D eigenvalue weighted by molar-refractivity contribution is 0.458. The second-order valence-corrected chi connectivity index (χ2v) is 5.16. The van der Waals surface area contributed by atoms with E-state index >= 15 is 0 Å². The Balaban J connectivity index is 2.23. The molecule has 0 radical (unpaired) electrons. The minimum Gasteiger partial charge on any atom is -0.439 e. The van der Waals surface area contributed by atoms with Crippen LogP contribution in [0.3, 0.4) is 0 Å². The van der Waals surface area contributed by atoms with Crippen molar-refractivity contribution in [3.63, 3.8) is 0 Å². The first-order valence-corrected chi connectivity index (χ1v) is 6.29. The Morgan fingerprint density at radius 2 is 1.75 bits per heavy atom. The Morgan fingerprint density at radius 3 is 2.38 bits per heavy atom. The van der Waals surface area contributed by atoms with Crippen LogP contribution in [-0.4, -0.2) is 4.98 Å². The molecule has 0 bridgehead atoms. The molecule has 0 aliphatic heterocycles. The summed E-state index contributed by atoms with van der Waals surface area (Å²) < 4.78 is 7.65. The zero-order chi connectivity index (χ0) is 11.5. The molecule has 1 heterocycles. The maximum atomic E-state index is 5.67. The molecule has 1 aromatic heterocycles. The average molecular weight is 343 g/mol. The highest BCUT2D eigenvalue weighted by atomic mass is 79.9. The van der Waals surface area contributed by atoms with Gasteiger partial charge in [0, 0.05) is 20.7 Å². The van der Waals surface area contributed by atoms with Crippen LogP contribution in [0.2, 0.25) is 0 Å². The molecule has 0 amide bonds. The number of rotatable bonds is 2. The SMILES string of the molecule is Cc1cc(Br)cnc1Oc1ccc(Br)cc1. The molecular weight excluding hydrogens is 334 g/mol. The Morgan fingerprint density at radius 1 is 1.06 bits per heavy atom. The Hall–Kier alpha value is -0.870. The van der Waals surface area contributed by atoms with Crippen molar-refractivity contribution < 1.29 is 4.74 Å². The molecule has 0 atom stereocenters. The fraction of sp³-hybridized carbons (Fsp3) is 0.0833. The summed E-state index contributed by atoms with van der Waals surface area (Å²) in [7, 11) is 0. The molecule has 2 nitrogen and oxygen atoms in total. The number of hydrogen-bond acceptors (Lipinski definition) is 2. The molecule has 0 saturated heterocycles. The van der Waals surface area contributed by atoms with Gasteiger partial charge >= 0.3 is 0 Å². The number of ether oxygens (including phenoxy) is 1. The molecule has 2 rings (SSSR count). The number of aryl methyl sites for hydroxylation is 1. The van der Waals surface area contributed by atoms with Gasteiger partial charge in [-0.3, -0.25) is 0 Å². The Kier molecular flexibility index (Phi) is 3.61. The number of nitrogens with zero attached hydrogens (tertiary/aromatic N) is 1. The van der Waals surface area contributed by atoms with E-state index in [9.17, 15) is 0 Å². The summed E-state index contributed by atoms with van der Waals surface area (Å²) in [6.07, 6.45) is 1.72. The number of aromatic nitrogens is 1. The highest BCUT2D eigenvalue weighted by molar-refractivity contribution is 9.10. The second kappa shape index (κ2) is 4.97. The van der Waals surface area contributed by atoms with E-state index in [0.29, 0.717) is 5.88 Å². The van der Waals surface area contributed by atoms with Crippen LogP contribution in [0.4, 0.5) is 0 Å². The van der Waals surface area contributed by atoms with E-state index in [-0.39, 0.29) is 0 Å². The van der Waals surface area contributed by atoms with Gasteiger partial charge in [0.1, 0.15) is 5.75 Å². The minimum absolute atomic E-state index is 0.630. The number of halogens is 2. The van der Waals surface area contributed by atoms with E-state index in [1.54, 1.807) is 6.20 Å². The van der Waals surface area contributed by atoms with E-state index in [2.05, 4.69) is 36.8 Å². The van der Waals surface area contributed by atoms with Crippen LogP contribution in [0.15, 0.2) is 45.5 Å². The molecule has 0 aliphatic rings. The van der Waals surface area contributed by atoms with Gasteiger partial charge in [-0.05, 0) is 53.2 Å². The molecule has 0 unspecified atom stereocenters. The van der Waals surface area contributed by atoms with Gasteiger partial charge in [-0.15, -0.1) is 0 Å². The van der Waals surface area contributed by atoms with Gasteiger partial charge in [-0.2, -0.15) is 0 Å². The lowest BCUT2D eigenvalue weighted by atomic mass is 10.3. The molecule has 0 N–H and O–H groups in total. The lowest BCUT2D eigenvalue weighted by Crippen LogP contribution is -1.90. The zero-order valence-electron chi connectivity index (χ0n) is 8.58. The third-order valence-corrected chi connectivity index (χ3v) is 2.99. The van der Waals surface area contributed by atoms with Crippen LogP contribution >= 0.6 is 31.9 Å². The van der Waals surface area contributed by atoms with Crippen molar-refractivity contribution in [1.82, 2.24) is 4.98 Å². The molecule has 0 aliphatic carbocycles. The van der Waals surface area contributed by atoms with Crippen molar-refractivity contribution in [3.8, 4) is 11.6 Å². The summed E-state index contributed by atoms with van der Waals surface area (Å²) >= 11 is 6.74. The smallest absolute Gasteiger partial charge is 0.222 e. The summed E-state index contributed by atoms with van der Waals surface area (Å²) in [5.41, 5.74) is 0.997. The van der Waals surface area contributed by atoms with Crippen molar-refractivity contribution in [2.45, 2.75) is 6.92 Å². The summed E-state index contributed by atoms with van der Waals surface area (Å²) in [6, 6.07) is 9.63. The Bertz CT molecular complexity index is 497. The van der Waals surface area contributed by atoms with Crippen LogP contribution in [0.1, 0.15) is 5.56 Å². The van der Waals surface area contributed by atoms with Gasteiger partial charge < -0.3 is 4.74 Å². The standard InChI is InChI=1S/C12H9Br2NO/c1-8-6-10(14)7-15-12(8)16-11-4-2-9(13)3-5-11/h2-7H,1H3. The van der Waals surface area contributed by atoms with Crippen molar-refractivity contribution in [1.29, 1.82) is 0 Å². The molecule has 0 spiro atoms. The predicted molar refractivity (Wildman–Crippen MR) is 70.9 cm³/mol. The Labute approximate surface area is 111 Å². The van der Waals surface area contributed by atoms with Crippen molar-refractivity contribution in [2.24, 2.45) is 0 Å². The topological polar surface area (TPSA) is 22.1 Å². The van der Waals surface area contributed by atoms with Gasteiger partial charge in [-0.25, -0.2) is 4.98 Å². The van der Waals surface area contributed by atoms with Crippen LogP contribution in [0.25, 0.3) is 0 Å². The molecular formula is C12H9Br2NO. The van der Waals surface area contributed by atoms with Crippen LogP contribution in [-0.2, 0) is 0 Å². The third kappa shape index (κ3) is 2.83. The normalized spacial score (nSPS) is 10.2. The van der Waals surface area contributed by atoms with Crippen molar-refractivity contribution >= 4 is 31.9 Å². The minimum atomic E-state index is 0.630. The fourth-order valence-corrected chi connectivity index (χ4v) is 1.96. The number of benzene rings is 1. The van der Waals surface area contributed by atoms with Crippen molar-refractivity contribution in [2.75, 3.05) is 0 Å². The molecule has 0 saturated carbocycles. The van der Waals surface area contributed by atoms with Gasteiger partial charge in [-0.1, -0.05) is 15.9 Å². The van der Waals surface area contributed by atoms with Crippen molar-refractivity contribution in [3.05, 3.63) is 51.0 Å². The molecule has 82 valence electrons. The van der Waals surface area contributed by atoms with Gasteiger partial charge in [0.05, 0.1) is 0 Å². The first kappa shape index (κ1) is 11.6. The first-order valence-electron chi connectivity index (χ1n) is 4.71. The summed E-state index contributed by atoms with van der Waals surface area (Å²) in [5.74, 6) is 1.41. The van der Waals surface area contributed by atoms with E-state index < -0.39 is 0 Å². The van der Waals surface area contributed by atoms with Crippen LogP contribution in [0, 0.1) is 6.92 Å². The molecule has 1 aromatic carbocycles. The fourth-order valence-electron chi connectivity index (χ4n) is 1.25. The maximum absolute atomic E-state index is 5.67. The zero-order valence-corrected chi connectivity index (χ0v) is 11.7. The van der Waals surface area contributed by atoms with Gasteiger partial charge in [0.2, 0.25) is 5.88 Å². The van der Waals surface area contributed by atoms with E-state index in [1.807, 2.05) is 37.3 Å². The highest BCUT2D eigenvalue weighted by Crippen LogP contribution is 2.25. The second-order valence-electron chi connectivity index (χ2n) is 3.33. The first-order chi connectivity index (χ1) is 7.65. The average Bonchev–Trinajstić information content (AvgIpc) is 2.25. The largest absolute Gasteiger partial charge is 0.439 e. The van der Waals surface area contributed by atoms with E-state index in [0.717, 1.165) is 20.3 Å². The van der Waals surface area contributed by atoms with Gasteiger partial charge in [0.15, 0.2) is 0 Å². The van der Waals surface area contributed by atoms with Gasteiger partial charge in [0.25, 0.3) is 0 Å². The summed E-state index contributed by atoms with van der Waals surface area (Å²) in [5, 5.41) is 0. The predicted octanol–water partition coefficient (Wildman–Crippen LogP) is 4.71. The maximum Gasteiger partial charge on any atom is 0.222 e. The van der Waals surface area contributed by atoms with Crippen LogP contribution in [0.5, 0.6) is 11.6 Å². The molecule has 16 heavy (non-hydrogen) atoms. The highest BCUT2D eigenvalue weighted by Gasteiger charge is 2.03. The van der Waals surface area contributed by atoms with Crippen LogP contribution < -0.4 is 4.74 Å². The number of pyridine rings is 1. The molecule has 2 aromatic rings. The molecule has 4 heteroatoms. The third-order valence-electron chi connectivity index (χ3n) is 2.03.